The molecule has 0 aliphatic heterocycles. The van der Waals surface area contributed by atoms with Crippen molar-refractivity contribution in [3.63, 3.8) is 0 Å². The zero-order valence-electron chi connectivity index (χ0n) is 10.7. The van der Waals surface area contributed by atoms with Crippen LogP contribution in [0, 0.1) is 11.8 Å². The Labute approximate surface area is 111 Å². The molecule has 1 aliphatic rings. The van der Waals surface area contributed by atoms with E-state index in [4.69, 9.17) is 0 Å². The lowest BCUT2D eigenvalue weighted by Crippen LogP contribution is -2.28. The molecule has 6 heteroatoms. The summed E-state index contributed by atoms with van der Waals surface area (Å²) in [6, 6.07) is 0. The van der Waals surface area contributed by atoms with Crippen LogP contribution < -0.4 is 5.32 Å². The van der Waals surface area contributed by atoms with E-state index in [9.17, 15) is 9.90 Å². The molecule has 100 valence electrons. The summed E-state index contributed by atoms with van der Waals surface area (Å²) in [5, 5.41) is 21.9. The number of amides is 1. The summed E-state index contributed by atoms with van der Waals surface area (Å²) >= 11 is 1.41. The molecule has 1 heterocycles. The summed E-state index contributed by atoms with van der Waals surface area (Å²) in [5.74, 6) is 0.104. The van der Waals surface area contributed by atoms with Gasteiger partial charge in [-0.3, -0.25) is 4.79 Å². The molecule has 0 saturated heterocycles. The largest absolute Gasteiger partial charge is 0.392 e. The maximum Gasteiger partial charge on any atom is 0.231 e. The predicted molar refractivity (Wildman–Crippen MR) is 70.4 cm³/mol. The first kappa shape index (κ1) is 13.4. The number of rotatable bonds is 4. The second-order valence-electron chi connectivity index (χ2n) is 5.19. The Morgan fingerprint density at radius 3 is 2.89 bits per heavy atom. The van der Waals surface area contributed by atoms with E-state index in [1.165, 1.54) is 11.3 Å². The van der Waals surface area contributed by atoms with Crippen LogP contribution in [0.5, 0.6) is 0 Å². The van der Waals surface area contributed by atoms with E-state index >= 15 is 0 Å². The Balaban J connectivity index is 1.92. The van der Waals surface area contributed by atoms with Crippen molar-refractivity contribution in [1.29, 1.82) is 0 Å². The number of carbonyl (C=O) groups excluding carboxylic acids is 1. The lowest BCUT2D eigenvalue weighted by atomic mass is 10.1. The third-order valence-corrected chi connectivity index (χ3v) is 3.96. The van der Waals surface area contributed by atoms with Gasteiger partial charge in [-0.05, 0) is 25.2 Å². The van der Waals surface area contributed by atoms with Crippen LogP contribution in [0.1, 0.15) is 38.1 Å². The molecular formula is C12H19N3O2S. The van der Waals surface area contributed by atoms with E-state index < -0.39 is 6.10 Å². The Kier molecular flexibility index (Phi) is 4.29. The Bertz CT molecular complexity index is 419. The average Bonchev–Trinajstić information content (AvgIpc) is 2.87. The van der Waals surface area contributed by atoms with Crippen LogP contribution in [0.15, 0.2) is 0 Å². The molecule has 18 heavy (non-hydrogen) atoms. The summed E-state index contributed by atoms with van der Waals surface area (Å²) < 4.78 is 0. The van der Waals surface area contributed by atoms with Crippen LogP contribution in [0.3, 0.4) is 0 Å². The number of nitrogens with one attached hydrogen (secondary N) is 1. The molecule has 1 saturated carbocycles. The first-order chi connectivity index (χ1) is 8.56. The van der Waals surface area contributed by atoms with Gasteiger partial charge in [0.1, 0.15) is 5.01 Å². The summed E-state index contributed by atoms with van der Waals surface area (Å²) in [5.41, 5.74) is 0. The molecule has 0 aromatic carbocycles. The zero-order valence-corrected chi connectivity index (χ0v) is 11.5. The number of hydrogen-bond acceptors (Lipinski definition) is 5. The second-order valence-corrected chi connectivity index (χ2v) is 6.25. The van der Waals surface area contributed by atoms with Crippen molar-refractivity contribution in [2.45, 2.75) is 45.6 Å². The van der Waals surface area contributed by atoms with E-state index in [0.717, 1.165) is 24.3 Å². The van der Waals surface area contributed by atoms with Crippen LogP contribution in [-0.4, -0.2) is 27.3 Å². The van der Waals surface area contributed by atoms with Gasteiger partial charge in [0.2, 0.25) is 11.0 Å². The number of aliphatic hydroxyl groups is 1. The highest BCUT2D eigenvalue weighted by Crippen LogP contribution is 2.27. The lowest BCUT2D eigenvalue weighted by molar-refractivity contribution is -0.122. The van der Waals surface area contributed by atoms with Crippen LogP contribution in [0.25, 0.3) is 0 Å². The van der Waals surface area contributed by atoms with Gasteiger partial charge in [0, 0.05) is 6.42 Å². The molecule has 2 atom stereocenters. The predicted octanol–water partition coefficient (Wildman–Crippen LogP) is 1.84. The first-order valence-corrected chi connectivity index (χ1v) is 7.19. The molecule has 1 fully saturated rings. The summed E-state index contributed by atoms with van der Waals surface area (Å²) in [4.78, 5) is 11.9. The fourth-order valence-electron chi connectivity index (χ4n) is 2.18. The molecule has 2 N–H and O–H groups in total. The number of anilines is 1. The number of aromatic nitrogens is 2. The van der Waals surface area contributed by atoms with Gasteiger partial charge in [0.25, 0.3) is 0 Å². The molecular weight excluding hydrogens is 250 g/mol. The van der Waals surface area contributed by atoms with Crippen molar-refractivity contribution in [3.8, 4) is 0 Å². The Morgan fingerprint density at radius 2 is 2.28 bits per heavy atom. The van der Waals surface area contributed by atoms with Crippen LogP contribution in [0.4, 0.5) is 5.13 Å². The minimum absolute atomic E-state index is 0.132. The van der Waals surface area contributed by atoms with Crippen LogP contribution in [0.2, 0.25) is 0 Å². The van der Waals surface area contributed by atoms with Gasteiger partial charge in [0.15, 0.2) is 0 Å². The van der Waals surface area contributed by atoms with Gasteiger partial charge in [-0.15, -0.1) is 10.2 Å². The monoisotopic (exact) mass is 269 g/mol. The third kappa shape index (κ3) is 3.26. The quantitative estimate of drug-likeness (QED) is 0.874. The third-order valence-electron chi connectivity index (χ3n) is 3.10. The van der Waals surface area contributed by atoms with Gasteiger partial charge in [-0.1, -0.05) is 25.2 Å². The number of carbonyl (C=O) groups is 1. The van der Waals surface area contributed by atoms with Crippen molar-refractivity contribution in [1.82, 2.24) is 10.2 Å². The van der Waals surface area contributed by atoms with Gasteiger partial charge in [0.05, 0.1) is 12.0 Å². The molecule has 5 nitrogen and oxygen atoms in total. The van der Waals surface area contributed by atoms with E-state index in [0.29, 0.717) is 17.5 Å². The topological polar surface area (TPSA) is 75.1 Å². The van der Waals surface area contributed by atoms with Crippen LogP contribution in [-0.2, 0) is 11.2 Å². The average molecular weight is 269 g/mol. The van der Waals surface area contributed by atoms with Crippen molar-refractivity contribution in [2.75, 3.05) is 5.32 Å². The molecule has 0 radical (unpaired) electrons. The molecule has 1 aromatic rings. The zero-order chi connectivity index (χ0) is 13.1. The molecule has 0 bridgehead atoms. The molecule has 2 unspecified atom stereocenters. The van der Waals surface area contributed by atoms with Crippen molar-refractivity contribution < 1.29 is 9.90 Å². The maximum atomic E-state index is 11.9. The minimum Gasteiger partial charge on any atom is -0.392 e. The number of hydrogen-bond donors (Lipinski definition) is 2. The highest BCUT2D eigenvalue weighted by atomic mass is 32.1. The van der Waals surface area contributed by atoms with E-state index in [1.54, 1.807) is 0 Å². The minimum atomic E-state index is -0.506. The smallest absolute Gasteiger partial charge is 0.231 e. The number of nitrogens with zero attached hydrogens (tertiary/aromatic N) is 2. The van der Waals surface area contributed by atoms with Gasteiger partial charge in [-0.25, -0.2) is 0 Å². The van der Waals surface area contributed by atoms with Crippen molar-refractivity contribution in [3.05, 3.63) is 5.01 Å². The Hall–Kier alpha value is -1.01. The normalized spacial score (nSPS) is 23.6. The summed E-state index contributed by atoms with van der Waals surface area (Å²) in [6.45, 7) is 4.24. The van der Waals surface area contributed by atoms with Crippen LogP contribution >= 0.6 is 11.3 Å². The van der Waals surface area contributed by atoms with E-state index in [1.807, 2.05) is 0 Å². The Morgan fingerprint density at radius 1 is 1.50 bits per heavy atom. The fraction of sp³-hybridized carbons (Fsp3) is 0.750. The van der Waals surface area contributed by atoms with E-state index in [-0.39, 0.29) is 11.8 Å². The molecule has 1 aliphatic carbocycles. The maximum absolute atomic E-state index is 11.9. The highest BCUT2D eigenvalue weighted by Gasteiger charge is 2.31. The highest BCUT2D eigenvalue weighted by molar-refractivity contribution is 7.15. The van der Waals surface area contributed by atoms with Crippen molar-refractivity contribution >= 4 is 22.4 Å². The van der Waals surface area contributed by atoms with Gasteiger partial charge in [-0.2, -0.15) is 0 Å². The molecule has 2 rings (SSSR count). The van der Waals surface area contributed by atoms with Gasteiger partial charge < -0.3 is 10.4 Å². The molecule has 1 amide bonds. The number of aliphatic hydroxyl groups excluding tert-OH is 1. The first-order valence-electron chi connectivity index (χ1n) is 6.37. The molecule has 1 aromatic heterocycles. The summed E-state index contributed by atoms with van der Waals surface area (Å²) in [7, 11) is 0. The lowest BCUT2D eigenvalue weighted by Gasteiger charge is -2.12. The van der Waals surface area contributed by atoms with Crippen molar-refractivity contribution in [2.24, 2.45) is 11.8 Å². The van der Waals surface area contributed by atoms with Gasteiger partial charge >= 0.3 is 0 Å². The standard InChI is InChI=1S/C12H19N3O2S/c1-7(2)6-10-14-15-12(18-10)13-11(17)8-4-3-5-9(8)16/h7-9,16H,3-6H2,1-2H3,(H,13,15,17). The second kappa shape index (κ2) is 5.75. The summed E-state index contributed by atoms with van der Waals surface area (Å²) in [6.07, 6.45) is 2.75. The molecule has 0 spiro atoms. The SMILES string of the molecule is CC(C)Cc1nnc(NC(=O)C2CCCC2O)s1. The van der Waals surface area contributed by atoms with E-state index in [2.05, 4.69) is 29.4 Å². The fourth-order valence-corrected chi connectivity index (χ4v) is 3.14.